The highest BCUT2D eigenvalue weighted by Crippen LogP contribution is 2.51. The number of aliphatic hydroxyl groups excluding tert-OH is 1. The first-order valence-electron chi connectivity index (χ1n) is 21.0. The quantitative estimate of drug-likeness (QED) is 0.0689. The van der Waals surface area contributed by atoms with Gasteiger partial charge in [-0.05, 0) is 110 Å². The van der Waals surface area contributed by atoms with E-state index >= 15 is 0 Å². The van der Waals surface area contributed by atoms with Crippen molar-refractivity contribution in [3.05, 3.63) is 149 Å². The van der Waals surface area contributed by atoms with Crippen LogP contribution in [0.5, 0.6) is 5.75 Å². The summed E-state index contributed by atoms with van der Waals surface area (Å²) in [6.07, 6.45) is 16.8. The lowest BCUT2D eigenvalue weighted by Crippen LogP contribution is -2.28. The SMILES string of the molecule is CC1(C)C(C=CC2=C(Oc3ccccc3)C(=CC=C3N(CCCCCCO)c4ccc5ccccc5c4C3(C)C)CCC2)=[N+](CCCCS(=O)(=O)[O-])c2ccccc21. The lowest BCUT2D eigenvalue weighted by Gasteiger charge is -2.28. The number of benzene rings is 4. The third-order valence-corrected chi connectivity index (χ3v) is 13.0. The van der Waals surface area contributed by atoms with Gasteiger partial charge in [0.25, 0.3) is 0 Å². The van der Waals surface area contributed by atoms with E-state index in [2.05, 4.69) is 116 Å². The number of fused-ring (bicyclic) bond motifs is 4. The topological polar surface area (TPSA) is 92.9 Å². The number of nitrogens with zero attached hydrogens (tertiary/aromatic N) is 2. The third kappa shape index (κ3) is 8.80. The van der Waals surface area contributed by atoms with Gasteiger partial charge in [0.05, 0.1) is 15.5 Å². The highest BCUT2D eigenvalue weighted by atomic mass is 32.2. The van der Waals surface area contributed by atoms with Crippen LogP contribution in [0.4, 0.5) is 11.4 Å². The summed E-state index contributed by atoms with van der Waals surface area (Å²) >= 11 is 0. The number of allylic oxidation sites excluding steroid dienone is 7. The lowest BCUT2D eigenvalue weighted by atomic mass is 9.80. The molecule has 0 unspecified atom stereocenters. The molecule has 1 aliphatic carbocycles. The van der Waals surface area contributed by atoms with E-state index in [1.165, 1.54) is 33.3 Å². The maximum atomic E-state index is 11.4. The average Bonchev–Trinajstić information content (AvgIpc) is 3.56. The van der Waals surface area contributed by atoms with Gasteiger partial charge in [0.1, 0.15) is 18.1 Å². The molecule has 7 rings (SSSR count). The monoisotopic (exact) mass is 798 g/mol. The molecule has 0 radical (unpaired) electrons. The van der Waals surface area contributed by atoms with E-state index in [-0.39, 0.29) is 23.2 Å². The molecule has 0 saturated carbocycles. The molecule has 1 N–H and O–H groups in total. The molecule has 0 amide bonds. The Hall–Kier alpha value is -4.76. The van der Waals surface area contributed by atoms with E-state index in [4.69, 9.17) is 4.74 Å². The molecule has 8 heteroatoms. The number of hydrogen-bond donors (Lipinski definition) is 1. The smallest absolute Gasteiger partial charge is 0.209 e. The Balaban J connectivity index is 1.29. The maximum absolute atomic E-state index is 11.4. The Morgan fingerprint density at radius 1 is 0.793 bits per heavy atom. The number of ether oxygens (including phenoxy) is 1. The molecule has 7 nitrogen and oxygen atoms in total. The van der Waals surface area contributed by atoms with E-state index in [0.29, 0.717) is 19.4 Å². The molecule has 4 aromatic carbocycles. The minimum atomic E-state index is -4.26. The molecule has 58 heavy (non-hydrogen) atoms. The molecule has 304 valence electrons. The van der Waals surface area contributed by atoms with Crippen LogP contribution in [-0.4, -0.2) is 53.8 Å². The standard InChI is InChI=1S/C50H58N2O5S/c1-49(2)42-25-12-13-26-43(42)51(34-15-17-36-58(54,55)56)45(49)31-28-38-20-18-21-39(48(38)57-40-22-8-7-9-23-40)29-32-46-50(3,4)47-41-24-11-10-19-37(41)27-30-44(47)52(46)33-14-5-6-16-35-53/h7-13,19,22-32,53H,5-6,14-18,20-21,33-36H2,1-4H3. The fraction of sp³-hybridized carbons (Fsp3) is 0.380. The molecule has 2 aliphatic heterocycles. The van der Waals surface area contributed by atoms with Crippen LogP contribution in [0.3, 0.4) is 0 Å². The molecular formula is C50H58N2O5S. The first-order valence-corrected chi connectivity index (χ1v) is 22.6. The average molecular weight is 799 g/mol. The number of anilines is 1. The van der Waals surface area contributed by atoms with Crippen LogP contribution in [0.25, 0.3) is 10.8 Å². The molecular weight excluding hydrogens is 741 g/mol. The van der Waals surface area contributed by atoms with Gasteiger partial charge in [0, 0.05) is 59.8 Å². The van der Waals surface area contributed by atoms with Crippen LogP contribution in [-0.2, 0) is 20.9 Å². The first kappa shape index (κ1) is 41.4. The number of rotatable bonds is 16. The normalized spacial score (nSPS) is 18.9. The van der Waals surface area contributed by atoms with Gasteiger partial charge >= 0.3 is 0 Å². The van der Waals surface area contributed by atoms with Gasteiger partial charge in [-0.15, -0.1) is 0 Å². The lowest BCUT2D eigenvalue weighted by molar-refractivity contribution is -0.438. The summed E-state index contributed by atoms with van der Waals surface area (Å²) in [4.78, 5) is 2.53. The number of hydrogen-bond acceptors (Lipinski definition) is 6. The van der Waals surface area contributed by atoms with Gasteiger partial charge in [-0.2, -0.15) is 4.58 Å². The predicted octanol–water partition coefficient (Wildman–Crippen LogP) is 10.8. The van der Waals surface area contributed by atoms with E-state index in [0.717, 1.165) is 85.5 Å². The van der Waals surface area contributed by atoms with Crippen molar-refractivity contribution in [1.82, 2.24) is 0 Å². The van der Waals surface area contributed by atoms with Crippen molar-refractivity contribution < 1.29 is 27.4 Å². The minimum Gasteiger partial charge on any atom is -0.748 e. The van der Waals surface area contributed by atoms with Crippen LogP contribution in [0.2, 0.25) is 0 Å². The van der Waals surface area contributed by atoms with Crippen molar-refractivity contribution >= 4 is 38.0 Å². The molecule has 0 atom stereocenters. The highest BCUT2D eigenvalue weighted by Gasteiger charge is 2.44. The van der Waals surface area contributed by atoms with E-state index in [1.807, 2.05) is 36.4 Å². The van der Waals surface area contributed by atoms with Crippen molar-refractivity contribution in [2.24, 2.45) is 0 Å². The second kappa shape index (κ2) is 17.6. The second-order valence-corrected chi connectivity index (χ2v) is 18.5. The zero-order valence-electron chi connectivity index (χ0n) is 34.5. The molecule has 0 fully saturated rings. The Bertz CT molecular complexity index is 2400. The minimum absolute atomic E-state index is 0.235. The molecule has 3 aliphatic rings. The van der Waals surface area contributed by atoms with Crippen LogP contribution < -0.4 is 9.64 Å². The van der Waals surface area contributed by atoms with E-state index in [1.54, 1.807) is 0 Å². The highest BCUT2D eigenvalue weighted by molar-refractivity contribution is 7.85. The van der Waals surface area contributed by atoms with Crippen LogP contribution >= 0.6 is 0 Å². The van der Waals surface area contributed by atoms with Gasteiger partial charge in [-0.25, -0.2) is 8.42 Å². The Morgan fingerprint density at radius 2 is 1.53 bits per heavy atom. The third-order valence-electron chi connectivity index (χ3n) is 12.2. The molecule has 0 spiro atoms. The van der Waals surface area contributed by atoms with E-state index in [9.17, 15) is 18.1 Å². The fourth-order valence-corrected chi connectivity index (χ4v) is 9.82. The largest absolute Gasteiger partial charge is 0.748 e. The Kier molecular flexibility index (Phi) is 12.6. The second-order valence-electron chi connectivity index (χ2n) is 16.9. The summed E-state index contributed by atoms with van der Waals surface area (Å²) in [5.74, 6) is 1.34. The molecule has 0 saturated heterocycles. The first-order chi connectivity index (χ1) is 27.9. The van der Waals surface area contributed by atoms with Crippen molar-refractivity contribution in [2.75, 3.05) is 30.3 Å². The summed E-state index contributed by atoms with van der Waals surface area (Å²) in [6, 6.07) is 31.7. The van der Waals surface area contributed by atoms with Crippen molar-refractivity contribution in [2.45, 2.75) is 96.3 Å². The zero-order valence-corrected chi connectivity index (χ0v) is 35.4. The predicted molar refractivity (Wildman–Crippen MR) is 236 cm³/mol. The summed E-state index contributed by atoms with van der Waals surface area (Å²) in [7, 11) is -4.26. The van der Waals surface area contributed by atoms with Crippen LogP contribution in [0.1, 0.15) is 96.6 Å². The number of unbranched alkanes of at least 4 members (excludes halogenated alkanes) is 4. The summed E-state index contributed by atoms with van der Waals surface area (Å²) in [6.45, 7) is 11.0. The van der Waals surface area contributed by atoms with Gasteiger partial charge in [-0.1, -0.05) is 99.5 Å². The van der Waals surface area contributed by atoms with Gasteiger partial charge < -0.3 is 19.3 Å². The summed E-state index contributed by atoms with van der Waals surface area (Å²) < 4.78 is 43.3. The number of para-hydroxylation sites is 2. The van der Waals surface area contributed by atoms with Gasteiger partial charge in [0.15, 0.2) is 5.71 Å². The van der Waals surface area contributed by atoms with Crippen LogP contribution in [0.15, 0.2) is 138 Å². The molecule has 4 aromatic rings. The zero-order chi connectivity index (χ0) is 40.9. The summed E-state index contributed by atoms with van der Waals surface area (Å²) in [5.41, 5.74) is 9.17. The fourth-order valence-electron chi connectivity index (χ4n) is 9.26. The summed E-state index contributed by atoms with van der Waals surface area (Å²) in [5, 5.41) is 11.9. The number of aliphatic hydroxyl groups is 1. The van der Waals surface area contributed by atoms with Crippen molar-refractivity contribution in [3.8, 4) is 5.75 Å². The van der Waals surface area contributed by atoms with Gasteiger partial charge in [-0.3, -0.25) is 0 Å². The van der Waals surface area contributed by atoms with Gasteiger partial charge in [0.2, 0.25) is 5.69 Å². The Labute approximate surface area is 345 Å². The van der Waals surface area contributed by atoms with Crippen LogP contribution in [0, 0.1) is 0 Å². The Morgan fingerprint density at radius 3 is 2.33 bits per heavy atom. The van der Waals surface area contributed by atoms with E-state index < -0.39 is 10.1 Å². The van der Waals surface area contributed by atoms with Crippen molar-refractivity contribution in [3.63, 3.8) is 0 Å². The molecule has 0 aromatic heterocycles. The van der Waals surface area contributed by atoms with Crippen molar-refractivity contribution in [1.29, 1.82) is 0 Å². The maximum Gasteiger partial charge on any atom is 0.209 e. The molecule has 2 heterocycles. The molecule has 0 bridgehead atoms.